The molecular weight excluding hydrogens is 344 g/mol. The summed E-state index contributed by atoms with van der Waals surface area (Å²) in [5.41, 5.74) is 2.07. The van der Waals surface area contributed by atoms with E-state index in [0.29, 0.717) is 29.4 Å². The Morgan fingerprint density at radius 1 is 1.00 bits per heavy atom. The fraction of sp³-hybridized carbons (Fsp3) is 0.211. The van der Waals surface area contributed by atoms with Crippen LogP contribution < -0.4 is 9.47 Å². The number of aromatic nitrogens is 1. The third-order valence-electron chi connectivity index (χ3n) is 3.70. The van der Waals surface area contributed by atoms with E-state index >= 15 is 0 Å². The lowest BCUT2D eigenvalue weighted by atomic mass is 10.1. The molecule has 0 bridgehead atoms. The molecule has 0 unspecified atom stereocenters. The number of rotatable bonds is 5. The monoisotopic (exact) mass is 361 g/mol. The molecule has 0 saturated heterocycles. The number of methoxy groups -OCH3 is 1. The van der Waals surface area contributed by atoms with Crippen molar-refractivity contribution in [3.05, 3.63) is 52.9 Å². The van der Waals surface area contributed by atoms with Gasteiger partial charge in [-0.1, -0.05) is 0 Å². The standard InChI is InChI=1S/C19H17F2NO2S/c1-4-24-16-8-6-13(10-17(16)23-3)19-22-18(11(2)25-19)12-5-7-14(20)15(21)9-12/h5-10H,4H2,1-3H3. The minimum atomic E-state index is -0.880. The zero-order valence-corrected chi connectivity index (χ0v) is 14.9. The topological polar surface area (TPSA) is 31.4 Å². The van der Waals surface area contributed by atoms with Crippen LogP contribution in [0.4, 0.5) is 8.78 Å². The first-order chi connectivity index (χ1) is 12.0. The van der Waals surface area contributed by atoms with Crippen molar-refractivity contribution in [1.82, 2.24) is 4.98 Å². The van der Waals surface area contributed by atoms with Crippen LogP contribution in [0, 0.1) is 18.6 Å². The number of hydrogen-bond donors (Lipinski definition) is 0. The fourth-order valence-corrected chi connectivity index (χ4v) is 3.44. The summed E-state index contributed by atoms with van der Waals surface area (Å²) < 4.78 is 37.6. The Balaban J connectivity index is 2.01. The second kappa shape index (κ2) is 7.19. The minimum absolute atomic E-state index is 0.548. The number of hydrogen-bond acceptors (Lipinski definition) is 4. The molecule has 3 aromatic rings. The van der Waals surface area contributed by atoms with Gasteiger partial charge in [-0.15, -0.1) is 11.3 Å². The molecule has 25 heavy (non-hydrogen) atoms. The molecule has 0 aliphatic rings. The zero-order valence-electron chi connectivity index (χ0n) is 14.1. The second-order valence-corrected chi connectivity index (χ2v) is 6.55. The summed E-state index contributed by atoms with van der Waals surface area (Å²) in [5, 5.41) is 0.776. The molecule has 0 N–H and O–H groups in total. The second-order valence-electron chi connectivity index (χ2n) is 5.35. The van der Waals surface area contributed by atoms with Gasteiger partial charge in [-0.3, -0.25) is 0 Å². The highest BCUT2D eigenvalue weighted by atomic mass is 32.1. The smallest absolute Gasteiger partial charge is 0.161 e. The van der Waals surface area contributed by atoms with E-state index in [-0.39, 0.29) is 0 Å². The highest BCUT2D eigenvalue weighted by Crippen LogP contribution is 2.37. The van der Waals surface area contributed by atoms with Crippen LogP contribution in [0.2, 0.25) is 0 Å². The molecule has 2 aromatic carbocycles. The first kappa shape index (κ1) is 17.4. The van der Waals surface area contributed by atoms with E-state index in [0.717, 1.165) is 21.5 Å². The quantitative estimate of drug-likeness (QED) is 0.604. The molecule has 0 radical (unpaired) electrons. The Hall–Kier alpha value is -2.47. The van der Waals surface area contributed by atoms with Gasteiger partial charge in [0.2, 0.25) is 0 Å². The maximum atomic E-state index is 13.5. The molecule has 0 atom stereocenters. The average molecular weight is 361 g/mol. The van der Waals surface area contributed by atoms with Crippen molar-refractivity contribution in [3.8, 4) is 33.3 Å². The molecular formula is C19H17F2NO2S. The van der Waals surface area contributed by atoms with Gasteiger partial charge in [0.05, 0.1) is 19.4 Å². The normalized spacial score (nSPS) is 10.8. The van der Waals surface area contributed by atoms with Crippen molar-refractivity contribution in [2.24, 2.45) is 0 Å². The zero-order chi connectivity index (χ0) is 18.0. The molecule has 1 heterocycles. The number of nitrogens with zero attached hydrogens (tertiary/aromatic N) is 1. The van der Waals surface area contributed by atoms with Crippen molar-refractivity contribution in [2.75, 3.05) is 13.7 Å². The van der Waals surface area contributed by atoms with Gasteiger partial charge in [-0.25, -0.2) is 13.8 Å². The first-order valence-corrected chi connectivity index (χ1v) is 8.59. The van der Waals surface area contributed by atoms with E-state index in [1.54, 1.807) is 7.11 Å². The van der Waals surface area contributed by atoms with Crippen molar-refractivity contribution < 1.29 is 18.3 Å². The lowest BCUT2D eigenvalue weighted by Gasteiger charge is -2.09. The average Bonchev–Trinajstić information content (AvgIpc) is 3.00. The Bertz CT molecular complexity index is 908. The molecule has 6 heteroatoms. The summed E-state index contributed by atoms with van der Waals surface area (Å²) >= 11 is 1.49. The van der Waals surface area contributed by atoms with Crippen LogP contribution >= 0.6 is 11.3 Å². The van der Waals surface area contributed by atoms with E-state index in [1.807, 2.05) is 32.0 Å². The van der Waals surface area contributed by atoms with E-state index in [4.69, 9.17) is 9.47 Å². The van der Waals surface area contributed by atoms with Crippen molar-refractivity contribution >= 4 is 11.3 Å². The molecule has 1 aromatic heterocycles. The highest BCUT2D eigenvalue weighted by molar-refractivity contribution is 7.15. The van der Waals surface area contributed by atoms with Gasteiger partial charge in [0, 0.05) is 16.0 Å². The van der Waals surface area contributed by atoms with Crippen LogP contribution in [0.25, 0.3) is 21.8 Å². The van der Waals surface area contributed by atoms with Crippen molar-refractivity contribution in [2.45, 2.75) is 13.8 Å². The number of benzene rings is 2. The molecule has 3 rings (SSSR count). The van der Waals surface area contributed by atoms with Gasteiger partial charge in [-0.2, -0.15) is 0 Å². The summed E-state index contributed by atoms with van der Waals surface area (Å²) in [5.74, 6) is -0.452. The number of ether oxygens (including phenoxy) is 2. The van der Waals surface area contributed by atoms with Gasteiger partial charge in [0.25, 0.3) is 0 Å². The van der Waals surface area contributed by atoms with E-state index in [9.17, 15) is 8.78 Å². The Labute approximate surface area is 148 Å². The Morgan fingerprint density at radius 3 is 2.44 bits per heavy atom. The molecule has 0 saturated carbocycles. The lowest BCUT2D eigenvalue weighted by Crippen LogP contribution is -1.95. The van der Waals surface area contributed by atoms with Gasteiger partial charge in [0.15, 0.2) is 23.1 Å². The predicted octanol–water partition coefficient (Wildman–Crippen LogP) is 5.47. The van der Waals surface area contributed by atoms with Crippen LogP contribution in [0.5, 0.6) is 11.5 Å². The van der Waals surface area contributed by atoms with E-state index < -0.39 is 11.6 Å². The van der Waals surface area contributed by atoms with Crippen LogP contribution in [0.15, 0.2) is 36.4 Å². The molecule has 0 spiro atoms. The van der Waals surface area contributed by atoms with Crippen molar-refractivity contribution in [1.29, 1.82) is 0 Å². The maximum absolute atomic E-state index is 13.5. The molecule has 0 fully saturated rings. The van der Waals surface area contributed by atoms with Gasteiger partial charge >= 0.3 is 0 Å². The Kier molecular flexibility index (Phi) is 4.99. The molecule has 130 valence electrons. The summed E-state index contributed by atoms with van der Waals surface area (Å²) in [6, 6.07) is 9.41. The van der Waals surface area contributed by atoms with Crippen LogP contribution in [0.3, 0.4) is 0 Å². The minimum Gasteiger partial charge on any atom is -0.493 e. The third kappa shape index (κ3) is 3.49. The highest BCUT2D eigenvalue weighted by Gasteiger charge is 2.15. The maximum Gasteiger partial charge on any atom is 0.161 e. The summed E-state index contributed by atoms with van der Waals surface area (Å²) in [4.78, 5) is 5.53. The Morgan fingerprint density at radius 2 is 1.76 bits per heavy atom. The van der Waals surface area contributed by atoms with Gasteiger partial charge in [-0.05, 0) is 50.2 Å². The molecule has 0 aliphatic carbocycles. The van der Waals surface area contributed by atoms with Crippen LogP contribution in [0.1, 0.15) is 11.8 Å². The van der Waals surface area contributed by atoms with E-state index in [2.05, 4.69) is 4.98 Å². The summed E-state index contributed by atoms with van der Waals surface area (Å²) in [7, 11) is 1.58. The number of thiazole rings is 1. The predicted molar refractivity (Wildman–Crippen MR) is 95.4 cm³/mol. The summed E-state index contributed by atoms with van der Waals surface area (Å²) in [6.07, 6.45) is 0. The largest absolute Gasteiger partial charge is 0.493 e. The van der Waals surface area contributed by atoms with Crippen molar-refractivity contribution in [3.63, 3.8) is 0 Å². The van der Waals surface area contributed by atoms with Gasteiger partial charge in [0.1, 0.15) is 5.01 Å². The molecule has 0 aliphatic heterocycles. The van der Waals surface area contributed by atoms with E-state index in [1.165, 1.54) is 23.5 Å². The first-order valence-electron chi connectivity index (χ1n) is 7.77. The summed E-state index contributed by atoms with van der Waals surface area (Å²) in [6.45, 7) is 4.36. The lowest BCUT2D eigenvalue weighted by molar-refractivity contribution is 0.311. The SMILES string of the molecule is CCOc1ccc(-c2nc(-c3ccc(F)c(F)c3)c(C)s2)cc1OC. The van der Waals surface area contributed by atoms with Crippen LogP contribution in [-0.2, 0) is 0 Å². The molecule has 0 amide bonds. The fourth-order valence-electron chi connectivity index (χ4n) is 2.51. The number of halogens is 2. The van der Waals surface area contributed by atoms with Crippen LogP contribution in [-0.4, -0.2) is 18.7 Å². The number of aryl methyl sites for hydroxylation is 1. The molecule has 3 nitrogen and oxygen atoms in total. The third-order valence-corrected chi connectivity index (χ3v) is 4.72. The van der Waals surface area contributed by atoms with Gasteiger partial charge < -0.3 is 9.47 Å².